The topological polar surface area (TPSA) is 89.9 Å². The third-order valence-electron chi connectivity index (χ3n) is 4.55. The van der Waals surface area contributed by atoms with Crippen LogP contribution in [0, 0.1) is 5.92 Å². The number of carbonyl (C=O) groups excluding carboxylic acids is 2. The molecule has 0 saturated carbocycles. The fourth-order valence-electron chi connectivity index (χ4n) is 2.96. The summed E-state index contributed by atoms with van der Waals surface area (Å²) in [5.41, 5.74) is -0.689. The van der Waals surface area contributed by atoms with E-state index in [1.165, 1.54) is 9.80 Å². The van der Waals surface area contributed by atoms with Gasteiger partial charge in [0.15, 0.2) is 0 Å². The molecule has 1 aromatic carbocycles. The summed E-state index contributed by atoms with van der Waals surface area (Å²) in [4.78, 5) is 38.8. The number of piperazine rings is 1. The summed E-state index contributed by atoms with van der Waals surface area (Å²) >= 11 is 0. The van der Waals surface area contributed by atoms with E-state index in [0.717, 1.165) is 24.3 Å². The maximum absolute atomic E-state index is 12.6. The molecular weight excluding hydrogens is 379 g/mol. The number of hydrogen-bond acceptors (Lipinski definition) is 3. The molecule has 2 N–H and O–H groups in total. The molecule has 0 spiro atoms. The lowest BCUT2D eigenvalue weighted by molar-refractivity contribution is -0.137. The Balaban J connectivity index is 1.98. The zero-order chi connectivity index (χ0) is 21.1. The molecule has 1 aromatic rings. The van der Waals surface area contributed by atoms with Crippen LogP contribution in [0.25, 0.3) is 0 Å². The maximum Gasteiger partial charge on any atom is 0.416 e. The largest absolute Gasteiger partial charge is 0.465 e. The molecule has 7 nitrogen and oxygen atoms in total. The molecule has 154 valence electrons. The van der Waals surface area contributed by atoms with Gasteiger partial charge in [-0.2, -0.15) is 13.2 Å². The van der Waals surface area contributed by atoms with Crippen molar-refractivity contribution in [1.29, 1.82) is 0 Å². The van der Waals surface area contributed by atoms with Crippen LogP contribution < -0.4 is 5.32 Å². The molecule has 1 atom stereocenters. The number of amides is 3. The van der Waals surface area contributed by atoms with E-state index in [0.29, 0.717) is 0 Å². The van der Waals surface area contributed by atoms with Crippen molar-refractivity contribution in [2.75, 3.05) is 26.2 Å². The molecule has 0 unspecified atom stereocenters. The molecule has 1 saturated heterocycles. The van der Waals surface area contributed by atoms with Crippen molar-refractivity contribution in [1.82, 2.24) is 15.1 Å². The van der Waals surface area contributed by atoms with Crippen LogP contribution in [-0.4, -0.2) is 65.0 Å². The van der Waals surface area contributed by atoms with E-state index in [4.69, 9.17) is 5.11 Å². The molecule has 0 radical (unpaired) electrons. The minimum absolute atomic E-state index is 0.139. The average molecular weight is 401 g/mol. The van der Waals surface area contributed by atoms with Gasteiger partial charge in [-0.05, 0) is 30.2 Å². The van der Waals surface area contributed by atoms with Crippen molar-refractivity contribution in [2.24, 2.45) is 5.92 Å². The van der Waals surface area contributed by atoms with E-state index in [2.05, 4.69) is 5.32 Å². The molecule has 1 heterocycles. The number of halogens is 3. The van der Waals surface area contributed by atoms with Gasteiger partial charge >= 0.3 is 12.3 Å². The first-order valence-corrected chi connectivity index (χ1v) is 8.75. The lowest BCUT2D eigenvalue weighted by Gasteiger charge is -2.37. The number of benzene rings is 1. The summed E-state index contributed by atoms with van der Waals surface area (Å²) in [7, 11) is 0. The number of nitrogens with zero attached hydrogens (tertiary/aromatic N) is 2. The van der Waals surface area contributed by atoms with Gasteiger partial charge in [-0.15, -0.1) is 0 Å². The van der Waals surface area contributed by atoms with Crippen molar-refractivity contribution in [3.8, 4) is 0 Å². The predicted octanol–water partition coefficient (Wildman–Crippen LogP) is 2.28. The maximum atomic E-state index is 12.6. The zero-order valence-electron chi connectivity index (χ0n) is 15.5. The number of rotatable bonds is 4. The Morgan fingerprint density at radius 1 is 1.00 bits per heavy atom. The van der Waals surface area contributed by atoms with Gasteiger partial charge in [0.1, 0.15) is 6.04 Å². The van der Waals surface area contributed by atoms with E-state index in [9.17, 15) is 27.6 Å². The van der Waals surface area contributed by atoms with Gasteiger partial charge in [0.2, 0.25) is 5.91 Å². The third-order valence-corrected chi connectivity index (χ3v) is 4.55. The Morgan fingerprint density at radius 2 is 1.50 bits per heavy atom. The van der Waals surface area contributed by atoms with E-state index >= 15 is 0 Å². The van der Waals surface area contributed by atoms with Crippen LogP contribution in [0.1, 0.15) is 29.8 Å². The van der Waals surface area contributed by atoms with Crippen molar-refractivity contribution in [3.05, 3.63) is 35.4 Å². The normalized spacial score (nSPS) is 16.1. The van der Waals surface area contributed by atoms with Crippen LogP contribution in [0.15, 0.2) is 24.3 Å². The Labute approximate surface area is 160 Å². The van der Waals surface area contributed by atoms with Crippen molar-refractivity contribution in [2.45, 2.75) is 26.1 Å². The summed E-state index contributed by atoms with van der Waals surface area (Å²) in [5.74, 6) is -1.01. The highest BCUT2D eigenvalue weighted by molar-refractivity contribution is 5.94. The van der Waals surface area contributed by atoms with Crippen LogP contribution in [0.4, 0.5) is 18.0 Å². The van der Waals surface area contributed by atoms with E-state index in [1.54, 1.807) is 13.8 Å². The van der Waals surface area contributed by atoms with Crippen LogP contribution >= 0.6 is 0 Å². The molecule has 2 rings (SSSR count). The molecular formula is C18H22F3N3O4. The first-order valence-electron chi connectivity index (χ1n) is 8.75. The third kappa shape index (κ3) is 5.14. The number of carboxylic acid groups (broad SMARTS) is 1. The van der Waals surface area contributed by atoms with Crippen LogP contribution in [0.3, 0.4) is 0 Å². The second-order valence-electron chi connectivity index (χ2n) is 6.86. The predicted molar refractivity (Wildman–Crippen MR) is 93.7 cm³/mol. The average Bonchev–Trinajstić information content (AvgIpc) is 2.64. The van der Waals surface area contributed by atoms with E-state index in [-0.39, 0.29) is 43.6 Å². The molecule has 28 heavy (non-hydrogen) atoms. The SMILES string of the molecule is CC(C)[C@H](NC(=O)O)C(=O)N1CCN(C(=O)c2ccc(C(F)(F)F)cc2)CC1. The Bertz CT molecular complexity index is 727. The van der Waals surface area contributed by atoms with Crippen LogP contribution in [0.2, 0.25) is 0 Å². The summed E-state index contributed by atoms with van der Waals surface area (Å²) < 4.78 is 37.9. The molecule has 1 fully saturated rings. The minimum atomic E-state index is -4.47. The molecule has 3 amide bonds. The van der Waals surface area contributed by atoms with Crippen LogP contribution in [0.5, 0.6) is 0 Å². The van der Waals surface area contributed by atoms with Gasteiger partial charge in [-0.25, -0.2) is 4.79 Å². The quantitative estimate of drug-likeness (QED) is 0.810. The van der Waals surface area contributed by atoms with Gasteiger partial charge in [0.25, 0.3) is 5.91 Å². The monoisotopic (exact) mass is 401 g/mol. The fraction of sp³-hybridized carbons (Fsp3) is 0.500. The Morgan fingerprint density at radius 3 is 1.93 bits per heavy atom. The van der Waals surface area contributed by atoms with Crippen LogP contribution in [-0.2, 0) is 11.0 Å². The lowest BCUT2D eigenvalue weighted by atomic mass is 10.0. The smallest absolute Gasteiger partial charge is 0.416 e. The summed E-state index contributed by atoms with van der Waals surface area (Å²) in [6, 6.07) is 3.10. The van der Waals surface area contributed by atoms with E-state index in [1.807, 2.05) is 0 Å². The fourth-order valence-corrected chi connectivity index (χ4v) is 2.96. The Kier molecular flexibility index (Phi) is 6.52. The van der Waals surface area contributed by atoms with Gasteiger partial charge < -0.3 is 20.2 Å². The molecule has 10 heteroatoms. The second kappa shape index (κ2) is 8.49. The van der Waals surface area contributed by atoms with Crippen molar-refractivity contribution in [3.63, 3.8) is 0 Å². The summed E-state index contributed by atoms with van der Waals surface area (Å²) in [5, 5.41) is 11.1. The molecule has 0 bridgehead atoms. The minimum Gasteiger partial charge on any atom is -0.465 e. The van der Waals surface area contributed by atoms with Gasteiger partial charge in [0, 0.05) is 31.7 Å². The first-order chi connectivity index (χ1) is 13.0. The number of carbonyl (C=O) groups is 3. The van der Waals surface area contributed by atoms with Gasteiger partial charge in [-0.3, -0.25) is 9.59 Å². The number of alkyl halides is 3. The number of hydrogen-bond donors (Lipinski definition) is 2. The highest BCUT2D eigenvalue weighted by atomic mass is 19.4. The zero-order valence-corrected chi connectivity index (χ0v) is 15.5. The first kappa shape index (κ1) is 21.5. The van der Waals surface area contributed by atoms with E-state index < -0.39 is 29.8 Å². The molecule has 0 aromatic heterocycles. The van der Waals surface area contributed by atoms with Gasteiger partial charge in [0.05, 0.1) is 5.56 Å². The molecule has 0 aliphatic carbocycles. The van der Waals surface area contributed by atoms with Crippen molar-refractivity contribution >= 4 is 17.9 Å². The highest BCUT2D eigenvalue weighted by Gasteiger charge is 2.33. The van der Waals surface area contributed by atoms with Gasteiger partial charge in [-0.1, -0.05) is 13.8 Å². The second-order valence-corrected chi connectivity index (χ2v) is 6.86. The standard InChI is InChI=1S/C18H22F3N3O4/c1-11(2)14(22-17(27)28)16(26)24-9-7-23(8-10-24)15(25)12-3-5-13(6-4-12)18(19,20)21/h3-6,11,14,22H,7-10H2,1-2H3,(H,27,28)/t14-/m0/s1. The highest BCUT2D eigenvalue weighted by Crippen LogP contribution is 2.29. The number of nitrogens with one attached hydrogen (secondary N) is 1. The summed E-state index contributed by atoms with van der Waals surface area (Å²) in [6.45, 7) is 4.31. The molecule has 1 aliphatic rings. The lowest BCUT2D eigenvalue weighted by Crippen LogP contribution is -2.57. The molecule has 1 aliphatic heterocycles. The summed E-state index contributed by atoms with van der Waals surface area (Å²) in [6.07, 6.45) is -5.76. The van der Waals surface area contributed by atoms with Crippen molar-refractivity contribution < 1.29 is 32.7 Å². The Hall–Kier alpha value is -2.78.